The lowest BCUT2D eigenvalue weighted by Crippen LogP contribution is -2.34. The molecule has 0 aromatic carbocycles. The largest absolute Gasteiger partial charge is 0.366 e. The van der Waals surface area contributed by atoms with Gasteiger partial charge in [0.1, 0.15) is 11.9 Å². The van der Waals surface area contributed by atoms with Crippen molar-refractivity contribution in [3.05, 3.63) is 35.0 Å². The number of primary amides is 1. The number of aromatic nitrogens is 1. The van der Waals surface area contributed by atoms with Crippen LogP contribution in [0.15, 0.2) is 18.3 Å². The van der Waals surface area contributed by atoms with E-state index in [1.165, 1.54) is 13.1 Å². The van der Waals surface area contributed by atoms with Gasteiger partial charge in [-0.15, -0.1) is 0 Å². The molecule has 1 aromatic heterocycles. The highest BCUT2D eigenvalue weighted by Gasteiger charge is 2.28. The van der Waals surface area contributed by atoms with Gasteiger partial charge in [-0.3, -0.25) is 9.59 Å². The number of halogens is 2. The van der Waals surface area contributed by atoms with Gasteiger partial charge in [-0.25, -0.2) is 13.8 Å². The lowest BCUT2D eigenvalue weighted by Gasteiger charge is -2.27. The Morgan fingerprint density at radius 2 is 2.07 bits per heavy atom. The number of carbonyl (C=O) groups is 2. The van der Waals surface area contributed by atoms with Crippen molar-refractivity contribution in [3.8, 4) is 6.07 Å². The third-order valence-corrected chi connectivity index (χ3v) is 4.67. The second kappa shape index (κ2) is 10.5. The van der Waals surface area contributed by atoms with Crippen LogP contribution >= 0.6 is 0 Å². The summed E-state index contributed by atoms with van der Waals surface area (Å²) >= 11 is 0. The zero-order chi connectivity index (χ0) is 22.2. The number of anilines is 1. The molecule has 0 radical (unpaired) electrons. The Hall–Kier alpha value is -3.02. The zero-order valence-electron chi connectivity index (χ0n) is 17.0. The Morgan fingerprint density at radius 1 is 1.41 bits per heavy atom. The standard InChI is InChI=1S/C20H27F2N5O2/c1-5-20(21,22)8-10-27(6-2)18-16(14(4)15(11-23)12-26-18)19(29)25-9-7-13(3)17(24)28/h12H,3,5-10H2,1-2,4H3,(H2,24,28)(H,25,29). The van der Waals surface area contributed by atoms with Crippen LogP contribution in [0.3, 0.4) is 0 Å². The minimum Gasteiger partial charge on any atom is -0.366 e. The van der Waals surface area contributed by atoms with Crippen molar-refractivity contribution in [1.29, 1.82) is 5.26 Å². The molecule has 158 valence electrons. The van der Waals surface area contributed by atoms with Crippen LogP contribution in [0.25, 0.3) is 0 Å². The van der Waals surface area contributed by atoms with E-state index in [1.54, 1.807) is 18.7 Å². The molecule has 0 spiro atoms. The molecule has 0 fully saturated rings. The molecule has 0 aliphatic heterocycles. The van der Waals surface area contributed by atoms with E-state index in [1.807, 2.05) is 6.07 Å². The van der Waals surface area contributed by atoms with Crippen LogP contribution < -0.4 is 16.0 Å². The topological polar surface area (TPSA) is 112 Å². The van der Waals surface area contributed by atoms with Crippen molar-refractivity contribution in [2.75, 3.05) is 24.5 Å². The summed E-state index contributed by atoms with van der Waals surface area (Å²) in [5.74, 6) is -3.74. The van der Waals surface area contributed by atoms with E-state index in [0.717, 1.165) is 0 Å². The molecule has 0 atom stereocenters. The van der Waals surface area contributed by atoms with E-state index in [0.29, 0.717) is 12.1 Å². The number of pyridine rings is 1. The minimum absolute atomic E-state index is 0.00837. The van der Waals surface area contributed by atoms with Gasteiger partial charge in [-0.1, -0.05) is 13.5 Å². The number of nitrogens with zero attached hydrogens (tertiary/aromatic N) is 3. The summed E-state index contributed by atoms with van der Waals surface area (Å²) < 4.78 is 27.4. The van der Waals surface area contributed by atoms with Crippen molar-refractivity contribution in [1.82, 2.24) is 10.3 Å². The van der Waals surface area contributed by atoms with Crippen LogP contribution in [-0.4, -0.2) is 42.4 Å². The van der Waals surface area contributed by atoms with Crippen molar-refractivity contribution in [3.63, 3.8) is 0 Å². The van der Waals surface area contributed by atoms with E-state index >= 15 is 0 Å². The van der Waals surface area contributed by atoms with Crippen LogP contribution in [0.2, 0.25) is 0 Å². The summed E-state index contributed by atoms with van der Waals surface area (Å²) in [7, 11) is 0. The van der Waals surface area contributed by atoms with Crippen molar-refractivity contribution >= 4 is 17.6 Å². The van der Waals surface area contributed by atoms with E-state index in [4.69, 9.17) is 5.73 Å². The van der Waals surface area contributed by atoms with Gasteiger partial charge in [0, 0.05) is 44.2 Å². The maximum Gasteiger partial charge on any atom is 0.255 e. The fraction of sp³-hybridized carbons (Fsp3) is 0.500. The van der Waals surface area contributed by atoms with Crippen molar-refractivity contribution in [2.24, 2.45) is 5.73 Å². The van der Waals surface area contributed by atoms with Gasteiger partial charge in [-0.2, -0.15) is 5.26 Å². The molecule has 29 heavy (non-hydrogen) atoms. The molecule has 0 saturated heterocycles. The van der Waals surface area contributed by atoms with E-state index < -0.39 is 17.7 Å². The lowest BCUT2D eigenvalue weighted by molar-refractivity contribution is -0.114. The first-order chi connectivity index (χ1) is 13.6. The Kier molecular flexibility index (Phi) is 8.70. The number of nitrogens with one attached hydrogen (secondary N) is 1. The van der Waals surface area contributed by atoms with Crippen LogP contribution in [0.1, 0.15) is 54.6 Å². The van der Waals surface area contributed by atoms with Gasteiger partial charge in [0.15, 0.2) is 0 Å². The highest BCUT2D eigenvalue weighted by Crippen LogP contribution is 2.27. The predicted molar refractivity (Wildman–Crippen MR) is 107 cm³/mol. The predicted octanol–water partition coefficient (Wildman–Crippen LogP) is 2.68. The molecule has 3 N–H and O–H groups in total. The summed E-state index contributed by atoms with van der Waals surface area (Å²) in [6, 6.07) is 1.97. The van der Waals surface area contributed by atoms with E-state index in [2.05, 4.69) is 16.9 Å². The van der Waals surface area contributed by atoms with Gasteiger partial charge in [0.2, 0.25) is 11.8 Å². The van der Waals surface area contributed by atoms with Crippen LogP contribution in [0.4, 0.5) is 14.6 Å². The number of hydrogen-bond acceptors (Lipinski definition) is 5. The quantitative estimate of drug-likeness (QED) is 0.548. The molecule has 1 heterocycles. The van der Waals surface area contributed by atoms with Gasteiger partial charge in [0.25, 0.3) is 5.91 Å². The van der Waals surface area contributed by atoms with Crippen LogP contribution in [-0.2, 0) is 4.79 Å². The summed E-state index contributed by atoms with van der Waals surface area (Å²) in [4.78, 5) is 29.6. The number of alkyl halides is 2. The molecule has 0 bridgehead atoms. The van der Waals surface area contributed by atoms with Crippen molar-refractivity contribution in [2.45, 2.75) is 46.0 Å². The molecule has 0 aliphatic rings. The number of nitrogens with two attached hydrogens (primary N) is 1. The van der Waals surface area contributed by atoms with E-state index in [-0.39, 0.29) is 54.9 Å². The van der Waals surface area contributed by atoms with Crippen LogP contribution in [0, 0.1) is 18.3 Å². The monoisotopic (exact) mass is 407 g/mol. The van der Waals surface area contributed by atoms with Crippen molar-refractivity contribution < 1.29 is 18.4 Å². The number of hydrogen-bond donors (Lipinski definition) is 2. The molecule has 0 unspecified atom stereocenters. The SMILES string of the molecule is C=C(CCNC(=O)c1c(N(CC)CCC(F)(F)CC)ncc(C#N)c1C)C(N)=O. The third-order valence-electron chi connectivity index (χ3n) is 4.67. The Bertz CT molecular complexity index is 818. The third kappa shape index (κ3) is 6.52. The fourth-order valence-electron chi connectivity index (χ4n) is 2.64. The highest BCUT2D eigenvalue weighted by atomic mass is 19.3. The minimum atomic E-state index is -2.81. The normalized spacial score (nSPS) is 10.9. The molecule has 0 aliphatic carbocycles. The second-order valence-corrected chi connectivity index (χ2v) is 6.62. The summed E-state index contributed by atoms with van der Waals surface area (Å²) in [5, 5.41) is 11.9. The molecular weight excluding hydrogens is 380 g/mol. The highest BCUT2D eigenvalue weighted by molar-refractivity contribution is 6.01. The molecule has 0 saturated carbocycles. The van der Waals surface area contributed by atoms with Gasteiger partial charge >= 0.3 is 0 Å². The number of nitriles is 1. The number of amides is 2. The molecule has 2 amide bonds. The van der Waals surface area contributed by atoms with Gasteiger partial charge in [0.05, 0.1) is 11.1 Å². The lowest BCUT2D eigenvalue weighted by atomic mass is 10.0. The molecule has 1 rings (SSSR count). The average Bonchev–Trinajstić information content (AvgIpc) is 2.68. The Labute approximate surface area is 169 Å². The summed E-state index contributed by atoms with van der Waals surface area (Å²) in [6.07, 6.45) is 0.844. The number of carbonyl (C=O) groups excluding carboxylic acids is 2. The Balaban J connectivity index is 3.16. The zero-order valence-corrected chi connectivity index (χ0v) is 17.0. The summed E-state index contributed by atoms with van der Waals surface area (Å²) in [5.41, 5.74) is 6.07. The van der Waals surface area contributed by atoms with E-state index in [9.17, 15) is 23.6 Å². The van der Waals surface area contributed by atoms with Crippen LogP contribution in [0.5, 0.6) is 0 Å². The smallest absolute Gasteiger partial charge is 0.255 e. The maximum absolute atomic E-state index is 13.7. The molecule has 1 aromatic rings. The molecule has 9 heteroatoms. The number of rotatable bonds is 11. The first-order valence-electron chi connectivity index (χ1n) is 9.36. The van der Waals surface area contributed by atoms with Gasteiger partial charge in [-0.05, 0) is 25.8 Å². The summed E-state index contributed by atoms with van der Waals surface area (Å²) in [6.45, 7) is 8.79. The molecular formula is C20H27F2N5O2. The average molecular weight is 407 g/mol. The first-order valence-corrected chi connectivity index (χ1v) is 9.36. The molecule has 7 nitrogen and oxygen atoms in total. The second-order valence-electron chi connectivity index (χ2n) is 6.62. The Morgan fingerprint density at radius 3 is 2.59 bits per heavy atom. The van der Waals surface area contributed by atoms with Gasteiger partial charge < -0.3 is 16.0 Å². The fourth-order valence-corrected chi connectivity index (χ4v) is 2.64. The maximum atomic E-state index is 13.7. The first kappa shape index (κ1) is 24.0.